The molecule has 3 nitrogen and oxygen atoms in total. The minimum Gasteiger partial charge on any atom is -0.475 e. The van der Waals surface area contributed by atoms with E-state index in [0.717, 1.165) is 12.1 Å². The van der Waals surface area contributed by atoms with E-state index in [4.69, 9.17) is 16.7 Å². The number of carboxylic acids is 1. The number of halogens is 2. The maximum atomic E-state index is 12.7. The highest BCUT2D eigenvalue weighted by Gasteiger charge is 2.14. The second kappa shape index (κ2) is 4.19. The van der Waals surface area contributed by atoms with Gasteiger partial charge in [-0.3, -0.25) is 4.79 Å². The van der Waals surface area contributed by atoms with Crippen LogP contribution >= 0.6 is 11.6 Å². The molecule has 1 aromatic carbocycles. The lowest BCUT2D eigenvalue weighted by atomic mass is 10.1. The number of carbonyl (C=O) groups excluding carboxylic acids is 1. The fourth-order valence-corrected chi connectivity index (χ4v) is 1.11. The zero-order valence-corrected chi connectivity index (χ0v) is 7.71. The summed E-state index contributed by atoms with van der Waals surface area (Å²) in [5.74, 6) is -3.12. The molecule has 0 saturated carbocycles. The van der Waals surface area contributed by atoms with E-state index < -0.39 is 24.0 Å². The number of Topliss-reactive ketones (excluding diaryl/α,β-unsaturated/α-hetero) is 1. The van der Waals surface area contributed by atoms with Crippen LogP contribution in [0.4, 0.5) is 4.39 Å². The smallest absolute Gasteiger partial charge is 0.372 e. The van der Waals surface area contributed by atoms with Crippen LogP contribution in [0, 0.1) is 5.82 Å². The van der Waals surface area contributed by atoms with Gasteiger partial charge in [-0.25, -0.2) is 9.18 Å². The number of benzene rings is 1. The molecule has 74 valence electrons. The van der Waals surface area contributed by atoms with Crippen molar-refractivity contribution in [3.8, 4) is 0 Å². The van der Waals surface area contributed by atoms with Gasteiger partial charge in [0.15, 0.2) is 0 Å². The number of carbonyl (C=O) groups is 2. The van der Waals surface area contributed by atoms with Crippen LogP contribution in [-0.4, -0.2) is 16.9 Å². The molecular formula is C9H6ClFO3. The van der Waals surface area contributed by atoms with Crippen LogP contribution in [0.25, 0.3) is 0 Å². The predicted octanol–water partition coefficient (Wildman–Crippen LogP) is 1.68. The lowest BCUT2D eigenvalue weighted by Gasteiger charge is -2.00. The second-order valence-electron chi connectivity index (χ2n) is 2.64. The van der Waals surface area contributed by atoms with Gasteiger partial charge in [0.25, 0.3) is 0 Å². The Balaban J connectivity index is 2.91. The monoisotopic (exact) mass is 216 g/mol. The first-order valence-electron chi connectivity index (χ1n) is 3.70. The third-order valence-corrected chi connectivity index (χ3v) is 1.97. The lowest BCUT2D eigenvalue weighted by molar-refractivity contribution is -0.148. The first-order valence-corrected chi connectivity index (χ1v) is 4.08. The summed E-state index contributed by atoms with van der Waals surface area (Å²) < 4.78 is 12.7. The van der Waals surface area contributed by atoms with E-state index in [2.05, 4.69) is 0 Å². The molecular weight excluding hydrogens is 211 g/mol. The molecule has 5 heteroatoms. The van der Waals surface area contributed by atoms with Crippen molar-refractivity contribution in [1.82, 2.24) is 0 Å². The molecule has 0 bridgehead atoms. The van der Waals surface area contributed by atoms with Gasteiger partial charge in [-0.15, -0.1) is 0 Å². The van der Waals surface area contributed by atoms with Crippen molar-refractivity contribution in [3.05, 3.63) is 34.6 Å². The summed E-state index contributed by atoms with van der Waals surface area (Å²) in [6.45, 7) is 0. The van der Waals surface area contributed by atoms with Gasteiger partial charge in [-0.05, 0) is 23.8 Å². The average molecular weight is 217 g/mol. The van der Waals surface area contributed by atoms with Crippen LogP contribution in [0.3, 0.4) is 0 Å². The van der Waals surface area contributed by atoms with Gasteiger partial charge < -0.3 is 5.11 Å². The average Bonchev–Trinajstić information content (AvgIpc) is 2.11. The molecule has 0 radical (unpaired) electrons. The zero-order valence-electron chi connectivity index (χ0n) is 6.96. The second-order valence-corrected chi connectivity index (χ2v) is 3.05. The molecule has 0 spiro atoms. The van der Waals surface area contributed by atoms with E-state index in [9.17, 15) is 14.0 Å². The largest absolute Gasteiger partial charge is 0.475 e. The summed E-state index contributed by atoms with van der Waals surface area (Å²) in [4.78, 5) is 21.0. The van der Waals surface area contributed by atoms with Gasteiger partial charge in [0.1, 0.15) is 5.82 Å². The lowest BCUT2D eigenvalue weighted by Crippen LogP contribution is -2.15. The maximum Gasteiger partial charge on any atom is 0.372 e. The standard InChI is InChI=1S/C9H6ClFO3/c10-7-2-1-6(11)3-5(7)4-8(12)9(13)14/h1-3H,4H2,(H,13,14). The Labute approximate surface area is 84.1 Å². The van der Waals surface area contributed by atoms with Crippen molar-refractivity contribution < 1.29 is 19.1 Å². The van der Waals surface area contributed by atoms with Gasteiger partial charge in [0.05, 0.1) is 0 Å². The van der Waals surface area contributed by atoms with Crippen LogP contribution < -0.4 is 0 Å². The Bertz CT molecular complexity index is 390. The summed E-state index contributed by atoms with van der Waals surface area (Å²) in [7, 11) is 0. The molecule has 0 fully saturated rings. The molecule has 0 aromatic heterocycles. The molecule has 0 aliphatic rings. The van der Waals surface area contributed by atoms with Gasteiger partial charge in [0, 0.05) is 11.4 Å². The van der Waals surface area contributed by atoms with Crippen LogP contribution in [0.15, 0.2) is 18.2 Å². The number of ketones is 1. The van der Waals surface area contributed by atoms with Crippen LogP contribution in [0.5, 0.6) is 0 Å². The SMILES string of the molecule is O=C(O)C(=O)Cc1cc(F)ccc1Cl. The number of rotatable bonds is 3. The number of hydrogen-bond acceptors (Lipinski definition) is 2. The van der Waals surface area contributed by atoms with Crippen LogP contribution in [0.1, 0.15) is 5.56 Å². The van der Waals surface area contributed by atoms with Crippen molar-refractivity contribution in [1.29, 1.82) is 0 Å². The van der Waals surface area contributed by atoms with Gasteiger partial charge >= 0.3 is 5.97 Å². The molecule has 1 N–H and O–H groups in total. The molecule has 0 saturated heterocycles. The van der Waals surface area contributed by atoms with Gasteiger partial charge in [-0.2, -0.15) is 0 Å². The van der Waals surface area contributed by atoms with Gasteiger partial charge in [0.2, 0.25) is 5.78 Å². The third kappa shape index (κ3) is 2.53. The number of aliphatic carboxylic acids is 1. The third-order valence-electron chi connectivity index (χ3n) is 1.60. The quantitative estimate of drug-likeness (QED) is 0.782. The minimum absolute atomic E-state index is 0.180. The van der Waals surface area contributed by atoms with E-state index in [1.807, 2.05) is 0 Å². The van der Waals surface area contributed by atoms with E-state index >= 15 is 0 Å². The highest BCUT2D eigenvalue weighted by molar-refractivity contribution is 6.35. The molecule has 0 atom stereocenters. The maximum absolute atomic E-state index is 12.7. The molecule has 0 aliphatic heterocycles. The molecule has 0 amide bonds. The van der Waals surface area contributed by atoms with Crippen molar-refractivity contribution in [3.63, 3.8) is 0 Å². The highest BCUT2D eigenvalue weighted by Crippen LogP contribution is 2.17. The van der Waals surface area contributed by atoms with Crippen molar-refractivity contribution in [2.24, 2.45) is 0 Å². The summed E-state index contributed by atoms with van der Waals surface area (Å²) >= 11 is 5.63. The Morgan fingerprint density at radius 1 is 1.43 bits per heavy atom. The van der Waals surface area contributed by atoms with Crippen molar-refractivity contribution >= 4 is 23.4 Å². The molecule has 1 rings (SSSR count). The fraction of sp³-hybridized carbons (Fsp3) is 0.111. The summed E-state index contributed by atoms with van der Waals surface area (Å²) in [6.07, 6.45) is -0.397. The van der Waals surface area contributed by atoms with Gasteiger partial charge in [-0.1, -0.05) is 11.6 Å². The van der Waals surface area contributed by atoms with E-state index in [1.165, 1.54) is 6.07 Å². The van der Waals surface area contributed by atoms with Crippen LogP contribution in [0.2, 0.25) is 5.02 Å². The zero-order chi connectivity index (χ0) is 10.7. The molecule has 1 aromatic rings. The summed E-state index contributed by atoms with van der Waals surface area (Å²) in [5.41, 5.74) is 0.180. The van der Waals surface area contributed by atoms with Crippen molar-refractivity contribution in [2.45, 2.75) is 6.42 Å². The normalized spacial score (nSPS) is 9.86. The van der Waals surface area contributed by atoms with E-state index in [0.29, 0.717) is 0 Å². The Morgan fingerprint density at radius 2 is 2.07 bits per heavy atom. The number of hydrogen-bond donors (Lipinski definition) is 1. The molecule has 0 heterocycles. The minimum atomic E-state index is -1.55. The van der Waals surface area contributed by atoms with Crippen LogP contribution in [-0.2, 0) is 16.0 Å². The Morgan fingerprint density at radius 3 is 2.64 bits per heavy atom. The first-order chi connectivity index (χ1) is 6.50. The van der Waals surface area contributed by atoms with Crippen molar-refractivity contribution in [2.75, 3.05) is 0 Å². The Kier molecular flexibility index (Phi) is 3.19. The molecule has 14 heavy (non-hydrogen) atoms. The molecule has 0 unspecified atom stereocenters. The number of carboxylic acid groups (broad SMARTS) is 1. The fourth-order valence-electron chi connectivity index (χ4n) is 0.927. The molecule has 0 aliphatic carbocycles. The summed E-state index contributed by atoms with van der Waals surface area (Å²) in [5, 5.41) is 8.50. The Hall–Kier alpha value is -1.42. The summed E-state index contributed by atoms with van der Waals surface area (Å²) in [6, 6.07) is 3.46. The topological polar surface area (TPSA) is 54.4 Å². The van der Waals surface area contributed by atoms with E-state index in [-0.39, 0.29) is 10.6 Å². The highest BCUT2D eigenvalue weighted by atomic mass is 35.5. The predicted molar refractivity (Wildman–Crippen MR) is 47.8 cm³/mol. The first kappa shape index (κ1) is 10.7. The van der Waals surface area contributed by atoms with E-state index in [1.54, 1.807) is 0 Å².